The lowest BCUT2D eigenvalue weighted by Gasteiger charge is -2.25. The summed E-state index contributed by atoms with van der Waals surface area (Å²) in [5.41, 5.74) is 1.14. The monoisotopic (exact) mass is 647 g/mol. The van der Waals surface area contributed by atoms with Crippen molar-refractivity contribution in [3.8, 4) is 29.1 Å². The standard InChI is InChI=1S/C27H23BrClN3O7S/c1-5-38-19-9-14(8-16(28)24(19)39-7-6-30)10-20-25(34)32-22(15-11-17(29)23(33)18(12-15)36-3)21(26(35)37-4)13(2)31-27(32)40-20/h8-12,22,33H,5,7H2,1-4H3/b20-10-. The number of thiazole rings is 1. The largest absolute Gasteiger partial charge is 0.503 e. The van der Waals surface area contributed by atoms with Crippen molar-refractivity contribution in [2.45, 2.75) is 19.9 Å². The summed E-state index contributed by atoms with van der Waals surface area (Å²) in [6.45, 7) is 3.67. The minimum atomic E-state index is -0.953. The van der Waals surface area contributed by atoms with Crippen molar-refractivity contribution in [1.82, 2.24) is 4.57 Å². The first kappa shape index (κ1) is 29.2. The van der Waals surface area contributed by atoms with Crippen LogP contribution in [0.3, 0.4) is 0 Å². The summed E-state index contributed by atoms with van der Waals surface area (Å²) >= 11 is 10.9. The lowest BCUT2D eigenvalue weighted by Crippen LogP contribution is -2.39. The number of nitriles is 1. The number of halogens is 2. The summed E-state index contributed by atoms with van der Waals surface area (Å²) < 4.78 is 23.8. The number of rotatable bonds is 8. The van der Waals surface area contributed by atoms with Crippen LogP contribution in [0.2, 0.25) is 5.02 Å². The van der Waals surface area contributed by atoms with Crippen molar-refractivity contribution < 1.29 is 28.8 Å². The molecule has 0 fully saturated rings. The molecule has 1 aromatic heterocycles. The van der Waals surface area contributed by atoms with Crippen molar-refractivity contribution in [3.63, 3.8) is 0 Å². The summed E-state index contributed by atoms with van der Waals surface area (Å²) in [5, 5.41) is 19.2. The molecule has 10 nitrogen and oxygen atoms in total. The van der Waals surface area contributed by atoms with Crippen molar-refractivity contribution in [2.24, 2.45) is 4.99 Å². The lowest BCUT2D eigenvalue weighted by atomic mass is 9.95. The number of hydrogen-bond acceptors (Lipinski definition) is 10. The molecule has 0 saturated heterocycles. The van der Waals surface area contributed by atoms with Crippen molar-refractivity contribution in [3.05, 3.63) is 75.8 Å². The van der Waals surface area contributed by atoms with Crippen LogP contribution in [-0.2, 0) is 9.53 Å². The Morgan fingerprint density at radius 2 is 2.02 bits per heavy atom. The molecule has 0 radical (unpaired) electrons. The van der Waals surface area contributed by atoms with Gasteiger partial charge in [-0.1, -0.05) is 22.9 Å². The van der Waals surface area contributed by atoms with Crippen LogP contribution < -0.4 is 29.1 Å². The maximum absolute atomic E-state index is 13.9. The van der Waals surface area contributed by atoms with E-state index in [1.54, 1.807) is 25.1 Å². The number of allylic oxidation sites excluding steroid dienone is 1. The van der Waals surface area contributed by atoms with Gasteiger partial charge in [0, 0.05) is 0 Å². The number of nitrogens with zero attached hydrogens (tertiary/aromatic N) is 3. The highest BCUT2D eigenvalue weighted by molar-refractivity contribution is 9.10. The topological polar surface area (TPSA) is 132 Å². The molecular formula is C27H23BrClN3O7S. The number of aromatic nitrogens is 1. The van der Waals surface area contributed by atoms with Gasteiger partial charge < -0.3 is 24.1 Å². The first-order valence-electron chi connectivity index (χ1n) is 11.8. The number of phenols is 1. The summed E-state index contributed by atoms with van der Waals surface area (Å²) in [7, 11) is 2.61. The minimum Gasteiger partial charge on any atom is -0.503 e. The highest BCUT2D eigenvalue weighted by Gasteiger charge is 2.34. The number of esters is 1. The SMILES string of the molecule is CCOc1cc(/C=c2\sc3n(c2=O)C(c2cc(Cl)c(O)c(OC)c2)C(C(=O)OC)=C(C)N=3)cc(Br)c1OCC#N. The third-order valence-corrected chi connectivity index (χ3v) is 7.78. The van der Waals surface area contributed by atoms with E-state index in [2.05, 4.69) is 20.9 Å². The molecule has 0 aliphatic carbocycles. The smallest absolute Gasteiger partial charge is 0.338 e. The second-order valence-corrected chi connectivity index (χ2v) is 10.6. The Morgan fingerprint density at radius 1 is 1.27 bits per heavy atom. The number of methoxy groups -OCH3 is 2. The molecule has 2 heterocycles. The lowest BCUT2D eigenvalue weighted by molar-refractivity contribution is -0.136. The number of aromatic hydroxyl groups is 1. The van der Waals surface area contributed by atoms with Gasteiger partial charge in [0.2, 0.25) is 0 Å². The van der Waals surface area contributed by atoms with E-state index in [9.17, 15) is 14.7 Å². The first-order chi connectivity index (χ1) is 19.1. The van der Waals surface area contributed by atoms with E-state index in [-0.39, 0.29) is 28.7 Å². The molecule has 2 aromatic carbocycles. The van der Waals surface area contributed by atoms with E-state index in [1.807, 2.05) is 13.0 Å². The fourth-order valence-electron chi connectivity index (χ4n) is 4.25. The zero-order valence-electron chi connectivity index (χ0n) is 21.8. The van der Waals surface area contributed by atoms with Gasteiger partial charge in [0.1, 0.15) is 6.07 Å². The molecular weight excluding hydrogens is 626 g/mol. The summed E-state index contributed by atoms with van der Waals surface area (Å²) in [4.78, 5) is 31.7. The Morgan fingerprint density at radius 3 is 2.67 bits per heavy atom. The molecule has 0 bridgehead atoms. The van der Waals surface area contributed by atoms with Gasteiger partial charge in [-0.15, -0.1) is 0 Å². The molecule has 13 heteroatoms. The Balaban J connectivity index is 1.95. The Kier molecular flexibility index (Phi) is 8.88. The summed E-state index contributed by atoms with van der Waals surface area (Å²) in [6.07, 6.45) is 1.67. The van der Waals surface area contributed by atoms with Gasteiger partial charge >= 0.3 is 5.97 Å². The Hall–Kier alpha value is -3.79. The number of fused-ring (bicyclic) bond motifs is 1. The number of benzene rings is 2. The van der Waals surface area contributed by atoms with Crippen molar-refractivity contribution >= 4 is 50.9 Å². The summed E-state index contributed by atoms with van der Waals surface area (Å²) in [5.74, 6) is -0.0758. The average Bonchev–Trinajstić information content (AvgIpc) is 3.22. The normalized spacial score (nSPS) is 14.7. The number of hydrogen-bond donors (Lipinski definition) is 1. The van der Waals surface area contributed by atoms with Crippen LogP contribution in [0.5, 0.6) is 23.0 Å². The van der Waals surface area contributed by atoms with Crippen LogP contribution >= 0.6 is 38.9 Å². The first-order valence-corrected chi connectivity index (χ1v) is 13.8. The second kappa shape index (κ2) is 12.2. The quantitative estimate of drug-likeness (QED) is 0.365. The molecule has 3 aromatic rings. The molecule has 0 spiro atoms. The molecule has 208 valence electrons. The van der Waals surface area contributed by atoms with Crippen LogP contribution in [-0.4, -0.2) is 43.1 Å². The van der Waals surface area contributed by atoms with E-state index < -0.39 is 17.6 Å². The molecule has 1 aliphatic heterocycles. The van der Waals surface area contributed by atoms with Crippen LogP contribution in [0.4, 0.5) is 0 Å². The van der Waals surface area contributed by atoms with E-state index in [0.29, 0.717) is 48.7 Å². The van der Waals surface area contributed by atoms with E-state index in [1.165, 1.54) is 30.9 Å². The molecule has 1 N–H and O–H groups in total. The van der Waals surface area contributed by atoms with E-state index >= 15 is 0 Å². The number of ether oxygens (including phenoxy) is 4. The average molecular weight is 649 g/mol. The molecule has 4 rings (SSSR count). The van der Waals surface area contributed by atoms with Crippen molar-refractivity contribution in [1.29, 1.82) is 5.26 Å². The predicted molar refractivity (Wildman–Crippen MR) is 152 cm³/mol. The van der Waals surface area contributed by atoms with Gasteiger partial charge in [-0.25, -0.2) is 9.79 Å². The van der Waals surface area contributed by atoms with E-state index in [0.717, 1.165) is 11.3 Å². The van der Waals surface area contributed by atoms with Gasteiger partial charge in [-0.05, 0) is 71.2 Å². The molecule has 1 aliphatic rings. The zero-order valence-corrected chi connectivity index (χ0v) is 24.9. The molecule has 0 amide bonds. The van der Waals surface area contributed by atoms with E-state index in [4.69, 9.17) is 35.8 Å². The second-order valence-electron chi connectivity index (χ2n) is 8.34. The van der Waals surface area contributed by atoms with Gasteiger partial charge in [0.25, 0.3) is 5.56 Å². The minimum absolute atomic E-state index is 0.0117. The highest BCUT2D eigenvalue weighted by atomic mass is 79.9. The maximum atomic E-state index is 13.9. The third-order valence-electron chi connectivity index (χ3n) is 5.92. The van der Waals surface area contributed by atoms with Crippen LogP contribution in [0.25, 0.3) is 6.08 Å². The predicted octanol–water partition coefficient (Wildman–Crippen LogP) is 3.84. The van der Waals surface area contributed by atoms with Crippen LogP contribution in [0, 0.1) is 11.3 Å². The fraction of sp³-hybridized carbons (Fsp3) is 0.259. The van der Waals surface area contributed by atoms with Gasteiger partial charge in [0.05, 0.1) is 52.2 Å². The third kappa shape index (κ3) is 5.45. The maximum Gasteiger partial charge on any atom is 0.338 e. The summed E-state index contributed by atoms with van der Waals surface area (Å²) in [6, 6.07) is 7.39. The molecule has 1 atom stereocenters. The Labute approximate surface area is 246 Å². The van der Waals surface area contributed by atoms with Gasteiger partial charge in [0.15, 0.2) is 34.4 Å². The fourth-order valence-corrected chi connectivity index (χ4v) is 6.09. The number of carbonyl (C=O) groups is 1. The van der Waals surface area contributed by atoms with Crippen LogP contribution in [0.1, 0.15) is 31.0 Å². The van der Waals surface area contributed by atoms with Crippen molar-refractivity contribution in [2.75, 3.05) is 27.4 Å². The zero-order chi connectivity index (χ0) is 29.1. The number of carbonyl (C=O) groups excluding carboxylic acids is 1. The van der Waals surface area contributed by atoms with Crippen LogP contribution in [0.15, 0.2) is 49.8 Å². The van der Waals surface area contributed by atoms with Gasteiger partial charge in [-0.3, -0.25) is 9.36 Å². The molecule has 40 heavy (non-hydrogen) atoms. The molecule has 1 unspecified atom stereocenters. The molecule has 0 saturated carbocycles. The number of phenolic OH excluding ortho intramolecular Hbond substituents is 1. The van der Waals surface area contributed by atoms with Gasteiger partial charge in [-0.2, -0.15) is 5.26 Å². The Bertz CT molecular complexity index is 1760. The highest BCUT2D eigenvalue weighted by Crippen LogP contribution is 2.40.